The van der Waals surface area contributed by atoms with Crippen molar-refractivity contribution in [3.8, 4) is 11.5 Å². The Bertz CT molecular complexity index is 813. The summed E-state index contributed by atoms with van der Waals surface area (Å²) in [6.07, 6.45) is 0.329. The first kappa shape index (κ1) is 16.1. The lowest BCUT2D eigenvalue weighted by atomic mass is 9.96. The van der Waals surface area contributed by atoms with E-state index in [0.717, 1.165) is 5.56 Å². The fraction of sp³-hybridized carbons (Fsp3) is 0.263. The van der Waals surface area contributed by atoms with Crippen LogP contribution in [0.15, 0.2) is 36.4 Å². The molecule has 0 radical (unpaired) electrons. The van der Waals surface area contributed by atoms with Gasteiger partial charge in [0.15, 0.2) is 17.3 Å². The molecule has 0 bridgehead atoms. The molecule has 1 amide bonds. The fourth-order valence-corrected chi connectivity index (χ4v) is 3.03. The molecule has 0 aromatic heterocycles. The van der Waals surface area contributed by atoms with Gasteiger partial charge in [0.1, 0.15) is 0 Å². The maximum absolute atomic E-state index is 13.0. The van der Waals surface area contributed by atoms with Gasteiger partial charge in [-0.1, -0.05) is 12.1 Å². The van der Waals surface area contributed by atoms with Gasteiger partial charge >= 0.3 is 0 Å². The Morgan fingerprint density at radius 2 is 1.83 bits per heavy atom. The standard InChI is InChI=1S/C19H19NO4/c1-12-5-4-6-14-15(21)9-10-20(18(12)14)19(22)13-7-8-16(23-2)17(11-13)24-3/h4-8,11H,9-10H2,1-3H3. The van der Waals surface area contributed by atoms with Crippen molar-refractivity contribution in [2.45, 2.75) is 13.3 Å². The number of hydrogen-bond acceptors (Lipinski definition) is 4. The van der Waals surface area contributed by atoms with Crippen LogP contribution in [-0.2, 0) is 0 Å². The number of Topliss-reactive ketones (excluding diaryl/α,β-unsaturated/α-hetero) is 1. The second-order valence-electron chi connectivity index (χ2n) is 5.67. The van der Waals surface area contributed by atoms with Gasteiger partial charge in [-0.3, -0.25) is 9.59 Å². The molecule has 0 spiro atoms. The second kappa shape index (κ2) is 6.35. The SMILES string of the molecule is COc1ccc(C(=O)N2CCC(=O)c3cccc(C)c32)cc1OC. The molecule has 0 saturated carbocycles. The van der Waals surface area contributed by atoms with Crippen LogP contribution in [0.3, 0.4) is 0 Å². The Morgan fingerprint density at radius 3 is 2.54 bits per heavy atom. The highest BCUT2D eigenvalue weighted by Crippen LogP contribution is 2.33. The fourth-order valence-electron chi connectivity index (χ4n) is 3.03. The average Bonchev–Trinajstić information content (AvgIpc) is 2.61. The van der Waals surface area contributed by atoms with E-state index < -0.39 is 0 Å². The van der Waals surface area contributed by atoms with Crippen LogP contribution in [0.1, 0.15) is 32.7 Å². The number of hydrogen-bond donors (Lipinski definition) is 0. The van der Waals surface area contributed by atoms with Crippen LogP contribution in [-0.4, -0.2) is 32.5 Å². The van der Waals surface area contributed by atoms with Crippen LogP contribution < -0.4 is 14.4 Å². The Morgan fingerprint density at radius 1 is 1.08 bits per heavy atom. The van der Waals surface area contributed by atoms with Crippen molar-refractivity contribution in [3.05, 3.63) is 53.1 Å². The van der Waals surface area contributed by atoms with Crippen molar-refractivity contribution >= 4 is 17.4 Å². The minimum Gasteiger partial charge on any atom is -0.493 e. The second-order valence-corrected chi connectivity index (χ2v) is 5.67. The van der Waals surface area contributed by atoms with Gasteiger partial charge in [-0.05, 0) is 36.8 Å². The Labute approximate surface area is 140 Å². The molecular weight excluding hydrogens is 306 g/mol. The predicted octanol–water partition coefficient (Wildman–Crippen LogP) is 3.25. The topological polar surface area (TPSA) is 55.8 Å². The van der Waals surface area contributed by atoms with E-state index in [0.29, 0.717) is 41.3 Å². The molecule has 0 unspecified atom stereocenters. The third kappa shape index (κ3) is 2.62. The summed E-state index contributed by atoms with van der Waals surface area (Å²) in [6, 6.07) is 10.6. The van der Waals surface area contributed by atoms with Crippen LogP contribution in [0.25, 0.3) is 0 Å². The molecule has 1 aliphatic heterocycles. The molecule has 2 aromatic carbocycles. The Kier molecular flexibility index (Phi) is 4.25. The van der Waals surface area contributed by atoms with Gasteiger partial charge in [0, 0.05) is 24.1 Å². The number of benzene rings is 2. The van der Waals surface area contributed by atoms with Crippen LogP contribution in [0.2, 0.25) is 0 Å². The zero-order valence-corrected chi connectivity index (χ0v) is 14.0. The van der Waals surface area contributed by atoms with Gasteiger partial charge in [-0.2, -0.15) is 0 Å². The van der Waals surface area contributed by atoms with E-state index in [4.69, 9.17) is 9.47 Å². The number of anilines is 1. The smallest absolute Gasteiger partial charge is 0.258 e. The Balaban J connectivity index is 2.03. The van der Waals surface area contributed by atoms with Gasteiger partial charge in [0.2, 0.25) is 0 Å². The largest absolute Gasteiger partial charge is 0.493 e. The van der Waals surface area contributed by atoms with Crippen LogP contribution in [0.4, 0.5) is 5.69 Å². The average molecular weight is 325 g/mol. The summed E-state index contributed by atoms with van der Waals surface area (Å²) in [4.78, 5) is 26.8. The third-order valence-electron chi connectivity index (χ3n) is 4.25. The molecule has 0 saturated heterocycles. The molecule has 3 rings (SSSR count). The molecule has 1 heterocycles. The van der Waals surface area contributed by atoms with E-state index >= 15 is 0 Å². The molecule has 2 aromatic rings. The van der Waals surface area contributed by atoms with E-state index in [-0.39, 0.29) is 11.7 Å². The molecule has 0 N–H and O–H groups in total. The lowest BCUT2D eigenvalue weighted by Gasteiger charge is -2.30. The summed E-state index contributed by atoms with van der Waals surface area (Å²) in [5.74, 6) is 0.991. The van der Waals surface area contributed by atoms with E-state index in [1.165, 1.54) is 7.11 Å². The number of aryl methyl sites for hydroxylation is 1. The van der Waals surface area contributed by atoms with Crippen molar-refractivity contribution in [1.82, 2.24) is 0 Å². The number of carbonyl (C=O) groups is 2. The van der Waals surface area contributed by atoms with E-state index in [1.54, 1.807) is 36.3 Å². The molecular formula is C19H19NO4. The number of carbonyl (C=O) groups excluding carboxylic acids is 2. The number of fused-ring (bicyclic) bond motifs is 1. The van der Waals surface area contributed by atoms with Gasteiger partial charge in [-0.15, -0.1) is 0 Å². The van der Waals surface area contributed by atoms with E-state index in [1.807, 2.05) is 19.1 Å². The summed E-state index contributed by atoms with van der Waals surface area (Å²) >= 11 is 0. The molecule has 5 heteroatoms. The number of nitrogens with zero attached hydrogens (tertiary/aromatic N) is 1. The number of methoxy groups -OCH3 is 2. The zero-order valence-electron chi connectivity index (χ0n) is 14.0. The van der Waals surface area contributed by atoms with Crippen molar-refractivity contribution in [2.24, 2.45) is 0 Å². The van der Waals surface area contributed by atoms with Crippen molar-refractivity contribution in [1.29, 1.82) is 0 Å². The van der Waals surface area contributed by atoms with Crippen molar-refractivity contribution in [3.63, 3.8) is 0 Å². The van der Waals surface area contributed by atoms with Crippen LogP contribution in [0, 0.1) is 6.92 Å². The molecule has 0 fully saturated rings. The van der Waals surface area contributed by atoms with E-state index in [9.17, 15) is 9.59 Å². The first-order valence-electron chi connectivity index (χ1n) is 7.73. The molecule has 124 valence electrons. The minimum atomic E-state index is -0.154. The monoisotopic (exact) mass is 325 g/mol. The lowest BCUT2D eigenvalue weighted by molar-refractivity contribution is 0.0954. The zero-order chi connectivity index (χ0) is 17.3. The minimum absolute atomic E-state index is 0.0741. The van der Waals surface area contributed by atoms with Gasteiger partial charge in [0.25, 0.3) is 5.91 Å². The predicted molar refractivity (Wildman–Crippen MR) is 91.3 cm³/mol. The Hall–Kier alpha value is -2.82. The molecule has 0 aliphatic carbocycles. The molecule has 1 aliphatic rings. The molecule has 24 heavy (non-hydrogen) atoms. The maximum Gasteiger partial charge on any atom is 0.258 e. The summed E-state index contributed by atoms with van der Waals surface area (Å²) in [5.41, 5.74) is 2.72. The quantitative estimate of drug-likeness (QED) is 0.869. The number of ether oxygens (including phenoxy) is 2. The summed E-state index contributed by atoms with van der Waals surface area (Å²) in [6.45, 7) is 2.29. The summed E-state index contributed by atoms with van der Waals surface area (Å²) in [5, 5.41) is 0. The van der Waals surface area contributed by atoms with Gasteiger partial charge < -0.3 is 14.4 Å². The van der Waals surface area contributed by atoms with Crippen molar-refractivity contribution < 1.29 is 19.1 Å². The van der Waals surface area contributed by atoms with Crippen LogP contribution in [0.5, 0.6) is 11.5 Å². The normalized spacial score (nSPS) is 13.5. The van der Waals surface area contributed by atoms with Crippen molar-refractivity contribution in [2.75, 3.05) is 25.7 Å². The third-order valence-corrected chi connectivity index (χ3v) is 4.25. The number of ketones is 1. The van der Waals surface area contributed by atoms with Gasteiger partial charge in [0.05, 0.1) is 19.9 Å². The number of rotatable bonds is 3. The first-order valence-corrected chi connectivity index (χ1v) is 7.73. The highest BCUT2D eigenvalue weighted by Gasteiger charge is 2.29. The number of para-hydroxylation sites is 1. The molecule has 5 nitrogen and oxygen atoms in total. The maximum atomic E-state index is 13.0. The van der Waals surface area contributed by atoms with Gasteiger partial charge in [-0.25, -0.2) is 0 Å². The highest BCUT2D eigenvalue weighted by molar-refractivity contribution is 6.14. The summed E-state index contributed by atoms with van der Waals surface area (Å²) < 4.78 is 10.5. The summed E-state index contributed by atoms with van der Waals surface area (Å²) in [7, 11) is 3.08. The number of amides is 1. The highest BCUT2D eigenvalue weighted by atomic mass is 16.5. The van der Waals surface area contributed by atoms with E-state index in [2.05, 4.69) is 0 Å². The van der Waals surface area contributed by atoms with Crippen LogP contribution >= 0.6 is 0 Å². The first-order chi connectivity index (χ1) is 11.6. The lowest BCUT2D eigenvalue weighted by Crippen LogP contribution is -2.38. The molecule has 0 atom stereocenters.